The summed E-state index contributed by atoms with van der Waals surface area (Å²) in [4.78, 5) is 27.7. The van der Waals surface area contributed by atoms with E-state index < -0.39 is 5.91 Å². The molecular weight excluding hydrogens is 482 g/mol. The largest absolute Gasteiger partial charge is 0.497 e. The summed E-state index contributed by atoms with van der Waals surface area (Å²) in [5.74, 6) is -0.175. The van der Waals surface area contributed by atoms with Crippen molar-refractivity contribution < 1.29 is 19.4 Å². The highest BCUT2D eigenvalue weighted by Crippen LogP contribution is 2.41. The Hall–Kier alpha value is -3.69. The molecule has 1 saturated carbocycles. The van der Waals surface area contributed by atoms with Crippen LogP contribution in [0.3, 0.4) is 0 Å². The number of nitrogens with one attached hydrogen (secondary N) is 1. The zero-order valence-corrected chi connectivity index (χ0v) is 21.8. The van der Waals surface area contributed by atoms with Gasteiger partial charge in [0.1, 0.15) is 11.4 Å². The summed E-state index contributed by atoms with van der Waals surface area (Å²) in [5.41, 5.74) is 9.53. The first-order valence-corrected chi connectivity index (χ1v) is 13.3. The Balaban J connectivity index is 1.43. The van der Waals surface area contributed by atoms with E-state index in [0.717, 1.165) is 38.0 Å². The average Bonchev–Trinajstić information content (AvgIpc) is 3.58. The summed E-state index contributed by atoms with van der Waals surface area (Å²) in [6.07, 6.45) is 5.89. The molecule has 1 fully saturated rings. The number of hydrogen-bond donors (Lipinski definition) is 3. The van der Waals surface area contributed by atoms with Gasteiger partial charge in [0.25, 0.3) is 11.8 Å². The molecule has 0 bridgehead atoms. The zero-order chi connectivity index (χ0) is 26.7. The Morgan fingerprint density at radius 3 is 2.42 bits per heavy atom. The van der Waals surface area contributed by atoms with Gasteiger partial charge in [-0.1, -0.05) is 25.0 Å². The number of amides is 2. The molecule has 3 aromatic rings. The van der Waals surface area contributed by atoms with Crippen LogP contribution in [0, 0.1) is 0 Å². The molecule has 5 rings (SSSR count). The van der Waals surface area contributed by atoms with Gasteiger partial charge in [-0.3, -0.25) is 9.59 Å². The molecule has 2 amide bonds. The van der Waals surface area contributed by atoms with Gasteiger partial charge in [-0.25, -0.2) is 4.68 Å². The van der Waals surface area contributed by atoms with Crippen LogP contribution in [0.25, 0.3) is 5.69 Å². The van der Waals surface area contributed by atoms with Crippen LogP contribution in [0.1, 0.15) is 64.2 Å². The Bertz CT molecular complexity index is 1290. The summed E-state index contributed by atoms with van der Waals surface area (Å²) in [6, 6.07) is 15.5. The second-order valence-corrected chi connectivity index (χ2v) is 10.1. The number of methoxy groups -OCH3 is 1. The molecule has 2 aromatic carbocycles. The van der Waals surface area contributed by atoms with E-state index in [-0.39, 0.29) is 23.6 Å². The molecule has 0 saturated heterocycles. The van der Waals surface area contributed by atoms with Crippen LogP contribution in [0.2, 0.25) is 0 Å². The molecule has 38 heavy (non-hydrogen) atoms. The smallest absolute Gasteiger partial charge is 0.277 e. The van der Waals surface area contributed by atoms with E-state index in [1.165, 1.54) is 23.1 Å². The van der Waals surface area contributed by atoms with Gasteiger partial charge < -0.3 is 25.8 Å². The standard InChI is InChI=1S/C29H35N5O4/c1-38-23-11-9-22(10-12-23)34-26-24(25(32-34)27(30)36)13-17-33(28(26)37)21-7-5-20(6-8-21)29(14-2-3-15-29)19-31-16-4-18-35/h5-12,31,35H,2-4,13-19H2,1H3,(H2,30,36). The maximum Gasteiger partial charge on any atom is 0.277 e. The van der Waals surface area contributed by atoms with Crippen molar-refractivity contribution in [3.05, 3.63) is 71.0 Å². The second-order valence-electron chi connectivity index (χ2n) is 10.1. The van der Waals surface area contributed by atoms with Gasteiger partial charge in [-0.05, 0) is 74.2 Å². The lowest BCUT2D eigenvalue weighted by atomic mass is 9.78. The maximum absolute atomic E-state index is 13.8. The van der Waals surface area contributed by atoms with E-state index in [9.17, 15) is 9.59 Å². The molecule has 1 aliphatic carbocycles. The minimum absolute atomic E-state index is 0.0798. The molecule has 9 nitrogen and oxygen atoms in total. The number of aliphatic hydroxyl groups excluding tert-OH is 1. The number of benzene rings is 2. The van der Waals surface area contributed by atoms with Gasteiger partial charge in [0.2, 0.25) is 0 Å². The molecule has 0 unspecified atom stereocenters. The van der Waals surface area contributed by atoms with Crippen LogP contribution < -0.4 is 20.7 Å². The monoisotopic (exact) mass is 517 g/mol. The van der Waals surface area contributed by atoms with E-state index in [0.29, 0.717) is 35.7 Å². The van der Waals surface area contributed by atoms with E-state index in [1.54, 1.807) is 36.3 Å². The van der Waals surface area contributed by atoms with E-state index in [4.69, 9.17) is 15.6 Å². The fraction of sp³-hybridized carbons (Fsp3) is 0.414. The summed E-state index contributed by atoms with van der Waals surface area (Å²) in [6.45, 7) is 2.32. The first kappa shape index (κ1) is 25.9. The number of fused-ring (bicyclic) bond motifs is 1. The number of aliphatic hydroxyl groups is 1. The summed E-state index contributed by atoms with van der Waals surface area (Å²) in [5, 5.41) is 17.1. The molecule has 0 spiro atoms. The number of hydrogen-bond acceptors (Lipinski definition) is 6. The molecule has 0 atom stereocenters. The lowest BCUT2D eigenvalue weighted by Crippen LogP contribution is -2.39. The van der Waals surface area contributed by atoms with Crippen molar-refractivity contribution in [3.63, 3.8) is 0 Å². The number of ether oxygens (including phenoxy) is 1. The minimum Gasteiger partial charge on any atom is -0.497 e. The lowest BCUT2D eigenvalue weighted by molar-refractivity contribution is 0.0972. The summed E-state index contributed by atoms with van der Waals surface area (Å²) >= 11 is 0. The molecule has 2 aliphatic rings. The van der Waals surface area contributed by atoms with Crippen molar-refractivity contribution in [1.82, 2.24) is 15.1 Å². The number of carbonyl (C=O) groups excluding carboxylic acids is 2. The number of nitrogens with zero attached hydrogens (tertiary/aromatic N) is 3. The quantitative estimate of drug-likeness (QED) is 0.356. The van der Waals surface area contributed by atoms with Crippen molar-refractivity contribution in [3.8, 4) is 11.4 Å². The minimum atomic E-state index is -0.645. The van der Waals surface area contributed by atoms with E-state index >= 15 is 0 Å². The molecule has 4 N–H and O–H groups in total. The first-order valence-electron chi connectivity index (χ1n) is 13.3. The van der Waals surface area contributed by atoms with Gasteiger partial charge in [0.15, 0.2) is 5.69 Å². The molecule has 1 aromatic heterocycles. The van der Waals surface area contributed by atoms with Crippen LogP contribution >= 0.6 is 0 Å². The van der Waals surface area contributed by atoms with Crippen LogP contribution in [-0.4, -0.2) is 60.1 Å². The van der Waals surface area contributed by atoms with Crippen molar-refractivity contribution in [2.45, 2.75) is 43.9 Å². The number of carbonyl (C=O) groups is 2. The van der Waals surface area contributed by atoms with Gasteiger partial charge in [-0.2, -0.15) is 5.10 Å². The van der Waals surface area contributed by atoms with Gasteiger partial charge in [-0.15, -0.1) is 0 Å². The molecule has 9 heteroatoms. The van der Waals surface area contributed by atoms with Crippen molar-refractivity contribution in [2.24, 2.45) is 5.73 Å². The molecular formula is C29H35N5O4. The van der Waals surface area contributed by atoms with Crippen molar-refractivity contribution >= 4 is 17.5 Å². The third-order valence-corrected chi connectivity index (χ3v) is 7.89. The van der Waals surface area contributed by atoms with Gasteiger partial charge in [0, 0.05) is 36.4 Å². The SMILES string of the molecule is COc1ccc(-n2nc(C(N)=O)c3c2C(=O)N(c2ccc(C4(CNCCCO)CCCC4)cc2)CC3)cc1. The second kappa shape index (κ2) is 11.0. The average molecular weight is 518 g/mol. The molecule has 2 heterocycles. The lowest BCUT2D eigenvalue weighted by Gasteiger charge is -2.32. The molecule has 1 aliphatic heterocycles. The third kappa shape index (κ3) is 4.79. The highest BCUT2D eigenvalue weighted by atomic mass is 16.5. The van der Waals surface area contributed by atoms with E-state index in [2.05, 4.69) is 22.5 Å². The van der Waals surface area contributed by atoms with Crippen LogP contribution in [-0.2, 0) is 11.8 Å². The Morgan fingerprint density at radius 2 is 1.79 bits per heavy atom. The fourth-order valence-electron chi connectivity index (χ4n) is 5.86. The van der Waals surface area contributed by atoms with Gasteiger partial charge in [0.05, 0.1) is 12.8 Å². The van der Waals surface area contributed by atoms with Crippen LogP contribution in [0.15, 0.2) is 48.5 Å². The summed E-state index contributed by atoms with van der Waals surface area (Å²) < 4.78 is 6.77. The topological polar surface area (TPSA) is 123 Å². The predicted molar refractivity (Wildman–Crippen MR) is 145 cm³/mol. The number of primary amides is 1. The van der Waals surface area contributed by atoms with E-state index in [1.807, 2.05) is 12.1 Å². The third-order valence-electron chi connectivity index (χ3n) is 7.89. The predicted octanol–water partition coefficient (Wildman–Crippen LogP) is 2.97. The normalized spacial score (nSPS) is 16.5. The Kier molecular flexibility index (Phi) is 7.49. The van der Waals surface area contributed by atoms with Gasteiger partial charge >= 0.3 is 0 Å². The Labute approximate surface area is 222 Å². The fourth-order valence-corrected chi connectivity index (χ4v) is 5.86. The molecule has 0 radical (unpaired) electrons. The van der Waals surface area contributed by atoms with Crippen molar-refractivity contribution in [2.75, 3.05) is 38.3 Å². The summed E-state index contributed by atoms with van der Waals surface area (Å²) in [7, 11) is 1.59. The van der Waals surface area contributed by atoms with Crippen LogP contribution in [0.5, 0.6) is 5.75 Å². The number of anilines is 1. The Morgan fingerprint density at radius 1 is 1.11 bits per heavy atom. The highest BCUT2D eigenvalue weighted by molar-refractivity contribution is 6.09. The number of nitrogens with two attached hydrogens (primary N) is 1. The number of rotatable bonds is 10. The highest BCUT2D eigenvalue weighted by Gasteiger charge is 2.37. The van der Waals surface area contributed by atoms with Crippen molar-refractivity contribution in [1.29, 1.82) is 0 Å². The number of aromatic nitrogens is 2. The zero-order valence-electron chi connectivity index (χ0n) is 21.8. The molecule has 200 valence electrons. The maximum atomic E-state index is 13.8. The van der Waals surface area contributed by atoms with Crippen LogP contribution in [0.4, 0.5) is 5.69 Å². The first-order chi connectivity index (χ1) is 18.5.